The maximum atomic E-state index is 4.55. The molecule has 2 aliphatic rings. The molecule has 5 nitrogen and oxygen atoms in total. The van der Waals surface area contributed by atoms with Crippen LogP contribution in [0.3, 0.4) is 0 Å². The summed E-state index contributed by atoms with van der Waals surface area (Å²) in [5.74, 6) is 0.918. The van der Waals surface area contributed by atoms with Crippen molar-refractivity contribution in [1.82, 2.24) is 20.5 Å². The molecule has 4 rings (SSSR count). The topological polar surface area (TPSA) is 52.6 Å². The molecule has 0 bridgehead atoms. The van der Waals surface area contributed by atoms with E-state index in [1.165, 1.54) is 49.6 Å². The summed E-state index contributed by atoms with van der Waals surface area (Å²) in [6.07, 6.45) is 9.61. The molecule has 1 saturated carbocycles. The minimum Gasteiger partial charge on any atom is -0.356 e. The first-order valence-electron chi connectivity index (χ1n) is 10.4. The second kappa shape index (κ2) is 10.4. The van der Waals surface area contributed by atoms with Crippen molar-refractivity contribution in [3.8, 4) is 0 Å². The van der Waals surface area contributed by atoms with Crippen LogP contribution in [-0.2, 0) is 6.42 Å². The Bertz CT molecular complexity index is 782. The zero-order chi connectivity index (χ0) is 18.5. The van der Waals surface area contributed by atoms with Gasteiger partial charge in [-0.3, -0.25) is 14.9 Å². The lowest BCUT2D eigenvalue weighted by Crippen LogP contribution is -2.45. The average Bonchev–Trinajstić information content (AvgIpc) is 3.39. The second-order valence-electron chi connectivity index (χ2n) is 7.80. The van der Waals surface area contributed by atoms with E-state index in [2.05, 4.69) is 49.8 Å². The number of nitrogens with zero attached hydrogens (tertiary/aromatic N) is 3. The maximum absolute atomic E-state index is 4.55. The van der Waals surface area contributed by atoms with Crippen LogP contribution < -0.4 is 10.6 Å². The highest BCUT2D eigenvalue weighted by atomic mass is 127. The molecular formula is C22H32IN5. The number of hydrogen-bond acceptors (Lipinski definition) is 3. The van der Waals surface area contributed by atoms with Gasteiger partial charge in [0.25, 0.3) is 0 Å². The summed E-state index contributed by atoms with van der Waals surface area (Å²) in [4.78, 5) is 11.7. The monoisotopic (exact) mass is 493 g/mol. The Morgan fingerprint density at radius 3 is 2.82 bits per heavy atom. The molecular weight excluding hydrogens is 461 g/mol. The molecule has 28 heavy (non-hydrogen) atoms. The van der Waals surface area contributed by atoms with E-state index in [4.69, 9.17) is 0 Å². The van der Waals surface area contributed by atoms with Gasteiger partial charge < -0.3 is 10.6 Å². The molecule has 1 aromatic heterocycles. The first-order valence-corrected chi connectivity index (χ1v) is 10.4. The van der Waals surface area contributed by atoms with E-state index in [9.17, 15) is 0 Å². The summed E-state index contributed by atoms with van der Waals surface area (Å²) in [6.45, 7) is 3.23. The van der Waals surface area contributed by atoms with E-state index >= 15 is 0 Å². The minimum absolute atomic E-state index is 0. The Balaban J connectivity index is 0.00000225. The molecule has 1 atom stereocenters. The number of guanidine groups is 1. The van der Waals surface area contributed by atoms with Gasteiger partial charge in [0.05, 0.1) is 5.52 Å². The van der Waals surface area contributed by atoms with E-state index < -0.39 is 0 Å². The maximum Gasteiger partial charge on any atom is 0.191 e. The van der Waals surface area contributed by atoms with Crippen molar-refractivity contribution >= 4 is 40.8 Å². The largest absolute Gasteiger partial charge is 0.356 e. The van der Waals surface area contributed by atoms with Crippen LogP contribution in [0, 0.1) is 0 Å². The highest BCUT2D eigenvalue weighted by Gasteiger charge is 2.30. The van der Waals surface area contributed by atoms with Gasteiger partial charge in [0, 0.05) is 50.3 Å². The van der Waals surface area contributed by atoms with Crippen LogP contribution in [0.4, 0.5) is 0 Å². The van der Waals surface area contributed by atoms with Gasteiger partial charge in [-0.1, -0.05) is 37.1 Å². The van der Waals surface area contributed by atoms with Crippen molar-refractivity contribution in [3.63, 3.8) is 0 Å². The molecule has 6 heteroatoms. The van der Waals surface area contributed by atoms with Gasteiger partial charge in [-0.25, -0.2) is 0 Å². The van der Waals surface area contributed by atoms with Crippen LogP contribution in [0.15, 0.2) is 41.5 Å². The van der Waals surface area contributed by atoms with Crippen molar-refractivity contribution in [2.75, 3.05) is 26.7 Å². The van der Waals surface area contributed by atoms with Gasteiger partial charge in [0.1, 0.15) is 0 Å². The van der Waals surface area contributed by atoms with Crippen LogP contribution in [0.1, 0.15) is 37.7 Å². The van der Waals surface area contributed by atoms with Gasteiger partial charge in [0.2, 0.25) is 0 Å². The molecule has 1 aliphatic heterocycles. The van der Waals surface area contributed by atoms with E-state index in [1.54, 1.807) is 0 Å². The van der Waals surface area contributed by atoms with E-state index in [0.29, 0.717) is 6.04 Å². The number of aromatic nitrogens is 1. The van der Waals surface area contributed by atoms with Crippen molar-refractivity contribution in [1.29, 1.82) is 0 Å². The summed E-state index contributed by atoms with van der Waals surface area (Å²) in [6, 6.07) is 11.9. The Kier molecular flexibility index (Phi) is 7.91. The normalized spacial score (nSPS) is 21.0. The lowest BCUT2D eigenvalue weighted by molar-refractivity contribution is 0.242. The van der Waals surface area contributed by atoms with E-state index in [0.717, 1.165) is 37.0 Å². The summed E-state index contributed by atoms with van der Waals surface area (Å²) in [5, 5.41) is 8.31. The van der Waals surface area contributed by atoms with Crippen LogP contribution in [0.2, 0.25) is 0 Å². The number of likely N-dealkylation sites (tertiary alicyclic amines) is 1. The Hall–Kier alpha value is -1.41. The second-order valence-corrected chi connectivity index (χ2v) is 7.80. The molecule has 2 fully saturated rings. The number of halogens is 1. The van der Waals surface area contributed by atoms with Gasteiger partial charge in [-0.2, -0.15) is 0 Å². The van der Waals surface area contributed by atoms with Crippen LogP contribution in [0.5, 0.6) is 0 Å². The van der Waals surface area contributed by atoms with Crippen LogP contribution >= 0.6 is 24.0 Å². The highest BCUT2D eigenvalue weighted by molar-refractivity contribution is 14.0. The summed E-state index contributed by atoms with van der Waals surface area (Å²) < 4.78 is 0. The fourth-order valence-corrected chi connectivity index (χ4v) is 4.58. The fourth-order valence-electron chi connectivity index (χ4n) is 4.58. The Morgan fingerprint density at radius 2 is 2.00 bits per heavy atom. The van der Waals surface area contributed by atoms with E-state index in [1.807, 2.05) is 19.3 Å². The minimum atomic E-state index is 0. The van der Waals surface area contributed by atoms with Crippen LogP contribution in [0.25, 0.3) is 10.9 Å². The predicted molar refractivity (Wildman–Crippen MR) is 128 cm³/mol. The summed E-state index contributed by atoms with van der Waals surface area (Å²) >= 11 is 0. The fraction of sp³-hybridized carbons (Fsp3) is 0.545. The van der Waals surface area contributed by atoms with Crippen molar-refractivity contribution in [3.05, 3.63) is 42.1 Å². The summed E-state index contributed by atoms with van der Waals surface area (Å²) in [5.41, 5.74) is 2.39. The quantitative estimate of drug-likeness (QED) is 0.380. The number of pyridine rings is 1. The third-order valence-corrected chi connectivity index (χ3v) is 6.03. The number of hydrogen-bond donors (Lipinski definition) is 2. The first-order chi connectivity index (χ1) is 13.3. The molecule has 0 amide bonds. The zero-order valence-electron chi connectivity index (χ0n) is 16.7. The van der Waals surface area contributed by atoms with Gasteiger partial charge in [-0.05, 0) is 37.3 Å². The standard InChI is InChI=1S/C22H31N5.HI/c1-23-22(26-19-12-15-27(16-19)20-9-2-3-10-20)25-14-11-18-7-4-6-17-8-5-13-24-21(17)18;/h4-8,13,19-20H,2-3,9-12,14-16H2,1H3,(H2,23,25,26);1H. The molecule has 1 aliphatic carbocycles. The lowest BCUT2D eigenvalue weighted by Gasteiger charge is -2.24. The lowest BCUT2D eigenvalue weighted by atomic mass is 10.1. The zero-order valence-corrected chi connectivity index (χ0v) is 19.1. The first kappa shape index (κ1) is 21.3. The molecule has 152 valence electrons. The number of nitrogens with one attached hydrogen (secondary N) is 2. The Morgan fingerprint density at radius 1 is 1.18 bits per heavy atom. The molecule has 1 aromatic carbocycles. The SMILES string of the molecule is CN=C(NCCc1cccc2cccnc12)NC1CCN(C2CCCC2)C1.I. The molecule has 2 aromatic rings. The smallest absolute Gasteiger partial charge is 0.191 e. The van der Waals surface area contributed by atoms with Crippen molar-refractivity contribution < 1.29 is 0 Å². The number of rotatable bonds is 5. The van der Waals surface area contributed by atoms with Gasteiger partial charge in [-0.15, -0.1) is 24.0 Å². The van der Waals surface area contributed by atoms with Gasteiger partial charge in [0.15, 0.2) is 5.96 Å². The predicted octanol–water partition coefficient (Wildman–Crippen LogP) is 3.58. The third kappa shape index (κ3) is 5.14. The number of para-hydroxylation sites is 1. The Labute approximate surface area is 185 Å². The third-order valence-electron chi connectivity index (χ3n) is 6.03. The average molecular weight is 493 g/mol. The molecule has 1 unspecified atom stereocenters. The number of fused-ring (bicyclic) bond motifs is 1. The molecule has 0 spiro atoms. The number of benzene rings is 1. The van der Waals surface area contributed by atoms with Crippen molar-refractivity contribution in [2.24, 2.45) is 4.99 Å². The highest BCUT2D eigenvalue weighted by Crippen LogP contribution is 2.26. The van der Waals surface area contributed by atoms with Crippen molar-refractivity contribution in [2.45, 2.75) is 50.6 Å². The number of aliphatic imine (C=N–C) groups is 1. The van der Waals surface area contributed by atoms with Crippen LogP contribution in [-0.4, -0.2) is 54.6 Å². The molecule has 2 N–H and O–H groups in total. The summed E-state index contributed by atoms with van der Waals surface area (Å²) in [7, 11) is 1.86. The molecule has 1 saturated heterocycles. The van der Waals surface area contributed by atoms with Gasteiger partial charge >= 0.3 is 0 Å². The van der Waals surface area contributed by atoms with E-state index in [-0.39, 0.29) is 24.0 Å². The molecule has 2 heterocycles. The molecule has 0 radical (unpaired) electrons.